The highest BCUT2D eigenvalue weighted by atomic mass is 32.2. The van der Waals surface area contributed by atoms with E-state index in [0.29, 0.717) is 17.8 Å². The fraction of sp³-hybridized carbons (Fsp3) is 0.208. The normalized spacial score (nSPS) is 13.4. The molecule has 0 heterocycles. The van der Waals surface area contributed by atoms with Crippen LogP contribution in [0.2, 0.25) is 0 Å². The molecular weight excluding hydrogens is 396 g/mol. The number of aryl methyl sites for hydroxylation is 1. The number of carbonyl (C=O) groups is 1. The van der Waals surface area contributed by atoms with Crippen LogP contribution in [0.4, 0.5) is 11.4 Å². The minimum atomic E-state index is -3.67. The molecule has 1 unspecified atom stereocenters. The molecular formula is C24H26N2O3S. The van der Waals surface area contributed by atoms with Crippen LogP contribution in [0.1, 0.15) is 18.9 Å². The fourth-order valence-electron chi connectivity index (χ4n) is 3.21. The average Bonchev–Trinajstić information content (AvgIpc) is 2.73. The van der Waals surface area contributed by atoms with Gasteiger partial charge in [0.25, 0.3) is 0 Å². The Labute approximate surface area is 177 Å². The van der Waals surface area contributed by atoms with E-state index < -0.39 is 20.5 Å². The van der Waals surface area contributed by atoms with Crippen molar-refractivity contribution in [1.82, 2.24) is 0 Å². The summed E-state index contributed by atoms with van der Waals surface area (Å²) < 4.78 is 23.5. The lowest BCUT2D eigenvalue weighted by molar-refractivity contribution is -0.118. The summed E-state index contributed by atoms with van der Waals surface area (Å²) in [5.74, 6) is -0.580. The molecule has 0 spiro atoms. The number of nitrogens with two attached hydrogens (primary N) is 1. The Kier molecular flexibility index (Phi) is 6.27. The smallest absolute Gasteiger partial charge is 0.245 e. The summed E-state index contributed by atoms with van der Waals surface area (Å²) in [6.45, 7) is 1.47. The summed E-state index contributed by atoms with van der Waals surface area (Å²) in [6, 6.07) is 24.8. The molecule has 0 radical (unpaired) electrons. The van der Waals surface area contributed by atoms with E-state index in [2.05, 4.69) is 5.32 Å². The first-order chi connectivity index (χ1) is 14.2. The van der Waals surface area contributed by atoms with Crippen molar-refractivity contribution in [3.8, 4) is 11.1 Å². The predicted molar refractivity (Wildman–Crippen MR) is 123 cm³/mol. The van der Waals surface area contributed by atoms with E-state index in [1.807, 2.05) is 54.6 Å². The van der Waals surface area contributed by atoms with Crippen molar-refractivity contribution >= 4 is 27.1 Å². The number of para-hydroxylation sites is 2. The van der Waals surface area contributed by atoms with Crippen LogP contribution in [0.15, 0.2) is 78.9 Å². The largest absolute Gasteiger partial charge is 0.397 e. The molecule has 0 fully saturated rings. The Morgan fingerprint density at radius 2 is 1.47 bits per heavy atom. The van der Waals surface area contributed by atoms with Gasteiger partial charge in [0.2, 0.25) is 5.91 Å². The van der Waals surface area contributed by atoms with Crippen LogP contribution in [-0.2, 0) is 21.1 Å². The zero-order valence-corrected chi connectivity index (χ0v) is 17.9. The van der Waals surface area contributed by atoms with E-state index in [0.717, 1.165) is 22.9 Å². The summed E-state index contributed by atoms with van der Waals surface area (Å²) >= 11 is 0. The van der Waals surface area contributed by atoms with Gasteiger partial charge in [-0.2, -0.15) is 0 Å². The van der Waals surface area contributed by atoms with Gasteiger partial charge in [0.05, 0.1) is 11.4 Å². The number of anilines is 2. The molecule has 6 heteroatoms. The molecule has 156 valence electrons. The van der Waals surface area contributed by atoms with Crippen molar-refractivity contribution in [3.63, 3.8) is 0 Å². The lowest BCUT2D eigenvalue weighted by Gasteiger charge is -2.27. The number of sulfone groups is 1. The van der Waals surface area contributed by atoms with Crippen LogP contribution in [0.5, 0.6) is 0 Å². The average molecular weight is 423 g/mol. The standard InChI is InChI=1S/C24H26N2O3S/c1-24(30(2,28)29,23(27)26-22-11-7-6-10-21(22)25)17-16-18-12-14-20(15-13-18)19-8-4-3-5-9-19/h3-15H,16-17,25H2,1-2H3,(H,26,27). The molecule has 0 aliphatic heterocycles. The monoisotopic (exact) mass is 422 g/mol. The SMILES string of the molecule is CC(CCc1ccc(-c2ccccc2)cc1)(C(=O)Nc1ccccc1N)S(C)(=O)=O. The van der Waals surface area contributed by atoms with E-state index in [4.69, 9.17) is 5.73 Å². The predicted octanol–water partition coefficient (Wildman–Crippen LogP) is 4.31. The molecule has 0 aliphatic rings. The van der Waals surface area contributed by atoms with Crippen LogP contribution in [0.25, 0.3) is 11.1 Å². The number of hydrogen-bond donors (Lipinski definition) is 2. The second-order valence-corrected chi connectivity index (χ2v) is 10.1. The molecule has 1 amide bonds. The lowest BCUT2D eigenvalue weighted by Crippen LogP contribution is -2.47. The van der Waals surface area contributed by atoms with Crippen LogP contribution in [-0.4, -0.2) is 25.3 Å². The van der Waals surface area contributed by atoms with Crippen LogP contribution >= 0.6 is 0 Å². The van der Waals surface area contributed by atoms with Crippen molar-refractivity contribution in [1.29, 1.82) is 0 Å². The third-order valence-electron chi connectivity index (χ3n) is 5.46. The first kappa shape index (κ1) is 21.6. The molecule has 3 rings (SSSR count). The van der Waals surface area contributed by atoms with Gasteiger partial charge >= 0.3 is 0 Å². The number of rotatable bonds is 7. The van der Waals surface area contributed by atoms with E-state index in [1.165, 1.54) is 6.92 Å². The topological polar surface area (TPSA) is 89.3 Å². The van der Waals surface area contributed by atoms with Crippen molar-refractivity contribution in [2.45, 2.75) is 24.5 Å². The number of amides is 1. The van der Waals surface area contributed by atoms with Gasteiger partial charge in [-0.15, -0.1) is 0 Å². The first-order valence-electron chi connectivity index (χ1n) is 9.71. The quantitative estimate of drug-likeness (QED) is 0.555. The number of nitrogens with one attached hydrogen (secondary N) is 1. The molecule has 0 aliphatic carbocycles. The van der Waals surface area contributed by atoms with Crippen LogP contribution in [0, 0.1) is 0 Å². The van der Waals surface area contributed by atoms with Gasteiger partial charge in [-0.25, -0.2) is 8.42 Å². The molecule has 0 saturated heterocycles. The maximum absolute atomic E-state index is 12.9. The van der Waals surface area contributed by atoms with Gasteiger partial charge in [-0.3, -0.25) is 4.79 Å². The minimum Gasteiger partial charge on any atom is -0.397 e. The highest BCUT2D eigenvalue weighted by Gasteiger charge is 2.43. The molecule has 0 saturated carbocycles. The Bertz CT molecular complexity index is 1130. The van der Waals surface area contributed by atoms with E-state index in [9.17, 15) is 13.2 Å². The Hall–Kier alpha value is -3.12. The molecule has 0 aromatic heterocycles. The Morgan fingerprint density at radius 1 is 0.900 bits per heavy atom. The molecule has 0 bridgehead atoms. The summed E-state index contributed by atoms with van der Waals surface area (Å²) in [5, 5.41) is 2.68. The van der Waals surface area contributed by atoms with Crippen LogP contribution < -0.4 is 11.1 Å². The molecule has 5 nitrogen and oxygen atoms in total. The molecule has 3 aromatic carbocycles. The molecule has 1 atom stereocenters. The van der Waals surface area contributed by atoms with Gasteiger partial charge in [0.1, 0.15) is 4.75 Å². The summed E-state index contributed by atoms with van der Waals surface area (Å²) in [5.41, 5.74) is 9.85. The number of nitrogen functional groups attached to an aromatic ring is 1. The van der Waals surface area contributed by atoms with Crippen LogP contribution in [0.3, 0.4) is 0 Å². The maximum atomic E-state index is 12.9. The zero-order chi connectivity index (χ0) is 21.8. The Balaban J connectivity index is 1.77. The van der Waals surface area contributed by atoms with Crippen molar-refractivity contribution in [2.24, 2.45) is 0 Å². The van der Waals surface area contributed by atoms with Gasteiger partial charge in [-0.05, 0) is 48.6 Å². The Morgan fingerprint density at radius 3 is 2.07 bits per heavy atom. The zero-order valence-electron chi connectivity index (χ0n) is 17.1. The van der Waals surface area contributed by atoms with Gasteiger partial charge in [0.15, 0.2) is 9.84 Å². The first-order valence-corrected chi connectivity index (χ1v) is 11.6. The van der Waals surface area contributed by atoms with Gasteiger partial charge in [-0.1, -0.05) is 66.7 Å². The number of carbonyl (C=O) groups excluding carboxylic acids is 1. The highest BCUT2D eigenvalue weighted by Crippen LogP contribution is 2.28. The minimum absolute atomic E-state index is 0.162. The maximum Gasteiger partial charge on any atom is 0.245 e. The summed E-state index contributed by atoms with van der Waals surface area (Å²) in [7, 11) is -3.67. The highest BCUT2D eigenvalue weighted by molar-refractivity contribution is 7.92. The van der Waals surface area contributed by atoms with Crippen molar-refractivity contribution in [3.05, 3.63) is 84.4 Å². The fourth-order valence-corrected chi connectivity index (χ4v) is 4.07. The summed E-state index contributed by atoms with van der Waals surface area (Å²) in [4.78, 5) is 12.9. The molecule has 3 aromatic rings. The number of hydrogen-bond acceptors (Lipinski definition) is 4. The van der Waals surface area contributed by atoms with Gasteiger partial charge < -0.3 is 11.1 Å². The lowest BCUT2D eigenvalue weighted by atomic mass is 9.97. The third-order valence-corrected chi connectivity index (χ3v) is 7.49. The second kappa shape index (κ2) is 8.71. The van der Waals surface area contributed by atoms with Gasteiger partial charge in [0, 0.05) is 6.26 Å². The van der Waals surface area contributed by atoms with E-state index >= 15 is 0 Å². The molecule has 3 N–H and O–H groups in total. The van der Waals surface area contributed by atoms with E-state index in [1.54, 1.807) is 24.3 Å². The van der Waals surface area contributed by atoms with Crippen molar-refractivity contribution < 1.29 is 13.2 Å². The van der Waals surface area contributed by atoms with E-state index in [-0.39, 0.29) is 6.42 Å². The third kappa shape index (κ3) is 4.71. The van der Waals surface area contributed by atoms with Crippen molar-refractivity contribution in [2.75, 3.05) is 17.3 Å². The summed E-state index contributed by atoms with van der Waals surface area (Å²) in [6.07, 6.45) is 1.71. The molecule has 30 heavy (non-hydrogen) atoms. The number of benzene rings is 3. The second-order valence-electron chi connectivity index (χ2n) is 7.61.